The van der Waals surface area contributed by atoms with Crippen molar-refractivity contribution in [2.24, 2.45) is 28.9 Å². The molecule has 0 radical (unpaired) electrons. The van der Waals surface area contributed by atoms with Crippen LogP contribution in [-0.2, 0) is 75.2 Å². The summed E-state index contributed by atoms with van der Waals surface area (Å²) in [7, 11) is 0. The number of aromatic amines is 1. The van der Waals surface area contributed by atoms with Gasteiger partial charge in [0.2, 0.25) is 70.9 Å². The number of carboxylic acids is 1. The lowest BCUT2D eigenvalue weighted by Crippen LogP contribution is -2.60. The van der Waals surface area contributed by atoms with E-state index < -0.39 is 175 Å². The highest BCUT2D eigenvalue weighted by Gasteiger charge is 2.42. The number of hydrogen-bond donors (Lipinski definition) is 17. The Kier molecular flexibility index (Phi) is 28.3. The first-order valence-corrected chi connectivity index (χ1v) is 29.4. The fraction of sp³-hybridized carbons (Fsp3) is 0.589. The van der Waals surface area contributed by atoms with E-state index in [9.17, 15) is 72.5 Å². The topological polar surface area (TPSA) is 534 Å². The van der Waals surface area contributed by atoms with E-state index in [1.54, 1.807) is 44.2 Å². The van der Waals surface area contributed by atoms with Crippen LogP contribution < -0.4 is 70.8 Å². The number of H-pyrrole nitrogens is 1. The van der Waals surface area contributed by atoms with Crippen molar-refractivity contribution in [2.45, 2.75) is 184 Å². The molecule has 490 valence electrons. The SMILES string of the molecule is CC(C)[C@H](NC(=O)[C@H](Cc1ccccc1)NC(=O)[C@@H]1CCCN1C(=O)[C@H](Cc1c[nH]cn1)NC(=O)[C@H](CCCNC(=N)N)NC(=O)[C@H](C)NC(=O)[C@H](C)NC(=O)[C@H](CCC(N)=O)NC(=O)[C@H](CCC(N)=O)NC(=O)[C@@H]1CCCN1C(=O)[C@@H](N)[C@@H](C)O)C(=O)O. The molecule has 2 aliphatic heterocycles. The van der Waals surface area contributed by atoms with Crippen LogP contribution in [0.25, 0.3) is 0 Å². The average Bonchev–Trinajstić information content (AvgIpc) is 2.15. The van der Waals surface area contributed by atoms with Crippen molar-refractivity contribution >= 4 is 82.8 Å². The predicted molar refractivity (Wildman–Crippen MR) is 317 cm³/mol. The Morgan fingerprint density at radius 1 is 0.618 bits per heavy atom. The zero-order chi connectivity index (χ0) is 66.2. The normalized spacial score (nSPS) is 17.9. The van der Waals surface area contributed by atoms with Gasteiger partial charge < -0.3 is 95.8 Å². The Hall–Kier alpha value is -9.27. The van der Waals surface area contributed by atoms with Gasteiger partial charge in [-0.15, -0.1) is 0 Å². The summed E-state index contributed by atoms with van der Waals surface area (Å²) in [5.41, 5.74) is 23.0. The zero-order valence-electron chi connectivity index (χ0n) is 50.5. The van der Waals surface area contributed by atoms with E-state index in [4.69, 9.17) is 28.3 Å². The first-order valence-electron chi connectivity index (χ1n) is 29.4. The highest BCUT2D eigenvalue weighted by Crippen LogP contribution is 2.22. The van der Waals surface area contributed by atoms with Crippen molar-refractivity contribution in [3.63, 3.8) is 0 Å². The number of guanidine groups is 1. The number of carboxylic acid groups (broad SMARTS) is 1. The molecular formula is C56H86N18O15. The van der Waals surface area contributed by atoms with Crippen molar-refractivity contribution in [3.8, 4) is 0 Å². The first-order chi connectivity index (χ1) is 42.0. The molecular weight excluding hydrogens is 1160 g/mol. The van der Waals surface area contributed by atoms with E-state index in [2.05, 4.69) is 57.8 Å². The van der Waals surface area contributed by atoms with E-state index in [-0.39, 0.29) is 70.5 Å². The fourth-order valence-corrected chi connectivity index (χ4v) is 9.91. The maximum absolute atomic E-state index is 14.7. The minimum Gasteiger partial charge on any atom is -0.480 e. The van der Waals surface area contributed by atoms with Gasteiger partial charge in [-0.25, -0.2) is 9.78 Å². The van der Waals surface area contributed by atoms with Crippen molar-refractivity contribution in [1.29, 1.82) is 5.41 Å². The molecule has 0 bridgehead atoms. The summed E-state index contributed by atoms with van der Waals surface area (Å²) < 4.78 is 0. The fourth-order valence-electron chi connectivity index (χ4n) is 9.91. The van der Waals surface area contributed by atoms with E-state index in [0.29, 0.717) is 24.1 Å². The Labute approximate surface area is 513 Å². The number of likely N-dealkylation sites (tertiary alicyclic amines) is 2. The average molecular weight is 1250 g/mol. The minimum atomic E-state index is -1.60. The molecule has 1 aromatic carbocycles. The Balaban J connectivity index is 1.50. The molecule has 33 heteroatoms. The smallest absolute Gasteiger partial charge is 0.326 e. The lowest BCUT2D eigenvalue weighted by Gasteiger charge is -2.31. The maximum Gasteiger partial charge on any atom is 0.326 e. The number of rotatable bonds is 35. The van der Waals surface area contributed by atoms with Gasteiger partial charge in [0.1, 0.15) is 66.5 Å². The number of primary amides is 2. The van der Waals surface area contributed by atoms with Crippen molar-refractivity contribution in [1.82, 2.24) is 67.6 Å². The number of imidazole rings is 1. The third-order valence-corrected chi connectivity index (χ3v) is 15.0. The minimum absolute atomic E-state index is 0.0266. The second kappa shape index (κ2) is 34.9. The number of aliphatic carboxylic acids is 1. The van der Waals surface area contributed by atoms with E-state index in [0.717, 1.165) is 4.90 Å². The van der Waals surface area contributed by atoms with Crippen molar-refractivity contribution < 1.29 is 72.5 Å². The number of nitrogens with one attached hydrogen (secondary N) is 11. The van der Waals surface area contributed by atoms with Gasteiger partial charge in [0.05, 0.1) is 18.1 Å². The molecule has 1 aromatic heterocycles. The molecule has 2 aromatic rings. The molecule has 0 unspecified atom stereocenters. The molecule has 21 N–H and O–H groups in total. The number of carbonyl (C=O) groups excluding carboxylic acids is 12. The molecule has 0 aliphatic carbocycles. The zero-order valence-corrected chi connectivity index (χ0v) is 50.5. The molecule has 12 atom stereocenters. The molecule has 4 rings (SSSR count). The molecule has 89 heavy (non-hydrogen) atoms. The van der Waals surface area contributed by atoms with Crippen LogP contribution in [0.2, 0.25) is 0 Å². The third-order valence-electron chi connectivity index (χ3n) is 15.0. The largest absolute Gasteiger partial charge is 0.480 e. The first kappa shape index (κ1) is 72.2. The van der Waals surface area contributed by atoms with E-state index >= 15 is 0 Å². The summed E-state index contributed by atoms with van der Waals surface area (Å²) in [5, 5.41) is 50.2. The number of aromatic nitrogens is 2. The summed E-state index contributed by atoms with van der Waals surface area (Å²) in [6.07, 6.45) is 0.698. The van der Waals surface area contributed by atoms with Crippen LogP contribution in [-0.4, -0.2) is 205 Å². The summed E-state index contributed by atoms with van der Waals surface area (Å²) in [6, 6.07) is -6.35. The van der Waals surface area contributed by atoms with Crippen LogP contribution in [0.1, 0.15) is 110 Å². The third kappa shape index (κ3) is 22.8. The second-order valence-electron chi connectivity index (χ2n) is 22.4. The molecule has 33 nitrogen and oxygen atoms in total. The van der Waals surface area contributed by atoms with Crippen LogP contribution in [0.15, 0.2) is 42.9 Å². The molecule has 2 saturated heterocycles. The molecule has 12 amide bonds. The second-order valence-corrected chi connectivity index (χ2v) is 22.4. The molecule has 3 heterocycles. The van der Waals surface area contributed by atoms with Gasteiger partial charge in [-0.2, -0.15) is 0 Å². The Morgan fingerprint density at radius 3 is 1.60 bits per heavy atom. The van der Waals surface area contributed by atoms with E-state index in [1.165, 1.54) is 38.2 Å². The lowest BCUT2D eigenvalue weighted by molar-refractivity contribution is -0.144. The summed E-state index contributed by atoms with van der Waals surface area (Å²) in [6.45, 7) is 7.25. The summed E-state index contributed by atoms with van der Waals surface area (Å²) in [5.74, 6) is -12.4. The van der Waals surface area contributed by atoms with Gasteiger partial charge in [-0.1, -0.05) is 44.2 Å². The summed E-state index contributed by atoms with van der Waals surface area (Å²) >= 11 is 0. The van der Waals surface area contributed by atoms with Gasteiger partial charge in [0, 0.05) is 51.5 Å². The number of aliphatic hydroxyl groups is 1. The molecule has 0 spiro atoms. The van der Waals surface area contributed by atoms with Crippen LogP contribution in [0.4, 0.5) is 0 Å². The Morgan fingerprint density at radius 2 is 1.09 bits per heavy atom. The number of nitrogens with two attached hydrogens (primary N) is 4. The monoisotopic (exact) mass is 1250 g/mol. The van der Waals surface area contributed by atoms with Gasteiger partial charge >= 0.3 is 5.97 Å². The molecule has 2 aliphatic rings. The number of aliphatic hydroxyl groups excluding tert-OH is 1. The Bertz CT molecular complexity index is 2840. The highest BCUT2D eigenvalue weighted by atomic mass is 16.4. The van der Waals surface area contributed by atoms with Crippen LogP contribution in [0.5, 0.6) is 0 Å². The number of nitrogens with zero attached hydrogens (tertiary/aromatic N) is 3. The van der Waals surface area contributed by atoms with Crippen LogP contribution in [0, 0.1) is 11.3 Å². The quantitative estimate of drug-likeness (QED) is 0.0174. The number of amides is 12. The number of hydrogen-bond acceptors (Lipinski definition) is 17. The van der Waals surface area contributed by atoms with Gasteiger partial charge in [-0.3, -0.25) is 62.9 Å². The summed E-state index contributed by atoms with van der Waals surface area (Å²) in [4.78, 5) is 184. The van der Waals surface area contributed by atoms with Crippen molar-refractivity contribution in [3.05, 3.63) is 54.1 Å². The van der Waals surface area contributed by atoms with Gasteiger partial charge in [-0.05, 0) is 83.6 Å². The standard InChI is InChI=1S/C56H86N18O15/c1-28(2)44(55(88)89)72-50(83)37(24-32-12-7-6-8-13-32)70-52(85)39-15-10-22-73(39)53(86)38(25-33-26-62-27-64-33)71-48(81)34(14-9-21-63-56(60)61)67-46(79)30(4)65-45(78)29(3)66-47(80)35(17-19-41(57)76)68-49(82)36(18-20-42(58)77)69-51(84)40-16-11-23-74(40)54(87)43(59)31(5)75/h6-8,12-13,26-31,34-40,43-44,75H,9-11,14-25,59H2,1-5H3,(H2,57,76)(H2,58,77)(H,62,64)(H,65,78)(H,66,80)(H,67,79)(H,68,82)(H,69,84)(H,70,85)(H,71,81)(H,72,83)(H,88,89)(H4,60,61,63)/t29-,30-,31+,34-,35-,36-,37-,38-,39-,40-,43-,44-/m0/s1. The molecule has 0 saturated carbocycles. The van der Waals surface area contributed by atoms with E-state index in [1.807, 2.05) is 0 Å². The molecule has 2 fully saturated rings. The maximum atomic E-state index is 14.7. The lowest BCUT2D eigenvalue weighted by atomic mass is 10.0. The number of carbonyl (C=O) groups is 13. The number of benzene rings is 1. The highest BCUT2D eigenvalue weighted by molar-refractivity contribution is 5.99. The van der Waals surface area contributed by atoms with Crippen LogP contribution in [0.3, 0.4) is 0 Å². The van der Waals surface area contributed by atoms with Gasteiger partial charge in [0.25, 0.3) is 0 Å². The van der Waals surface area contributed by atoms with Crippen LogP contribution >= 0.6 is 0 Å². The van der Waals surface area contributed by atoms with Gasteiger partial charge in [0.15, 0.2) is 5.96 Å². The predicted octanol–water partition coefficient (Wildman–Crippen LogP) is -5.66. The van der Waals surface area contributed by atoms with Crippen molar-refractivity contribution in [2.75, 3.05) is 19.6 Å².